The molecule has 2 N–H and O–H groups in total. The second-order valence-corrected chi connectivity index (χ2v) is 9.51. The van der Waals surface area contributed by atoms with E-state index in [1.165, 1.54) is 6.26 Å². The van der Waals surface area contributed by atoms with Crippen LogP contribution in [0.5, 0.6) is 11.5 Å². The predicted molar refractivity (Wildman–Crippen MR) is 116 cm³/mol. The molecule has 0 radical (unpaired) electrons. The number of carbonyl (C=O) groups excluding carboxylic acids is 1. The minimum atomic E-state index is -2.50. The first kappa shape index (κ1) is 23.9. The summed E-state index contributed by atoms with van der Waals surface area (Å²) in [5.74, 6) is 10.4. The topological polar surface area (TPSA) is 76.7 Å². The molecule has 156 valence electrons. The second-order valence-electron chi connectivity index (χ2n) is 7.29. The lowest BCUT2D eigenvalue weighted by Crippen LogP contribution is -2.56. The van der Waals surface area contributed by atoms with Crippen LogP contribution in [0.3, 0.4) is 0 Å². The molecule has 2 unspecified atom stereocenters. The third kappa shape index (κ3) is 8.24. The van der Waals surface area contributed by atoms with Gasteiger partial charge in [-0.25, -0.2) is 4.72 Å². The van der Waals surface area contributed by atoms with Crippen molar-refractivity contribution in [2.24, 2.45) is 0 Å². The number of amides is 1. The number of ether oxygens (including phenoxy) is 2. The molecule has 0 aliphatic rings. The van der Waals surface area contributed by atoms with E-state index in [4.69, 9.17) is 9.47 Å². The number of benzene rings is 1. The summed E-state index contributed by atoms with van der Waals surface area (Å²) >= 11 is 0. The lowest BCUT2D eigenvalue weighted by molar-refractivity contribution is -0.126. The van der Waals surface area contributed by atoms with E-state index >= 15 is 0 Å². The Morgan fingerprint density at radius 3 is 2.57 bits per heavy atom. The van der Waals surface area contributed by atoms with Gasteiger partial charge in [-0.1, -0.05) is 18.9 Å². The van der Waals surface area contributed by atoms with Crippen molar-refractivity contribution in [3.63, 3.8) is 0 Å². The molecule has 1 amide bonds. The molecule has 1 aromatic rings. The molecule has 0 fully saturated rings. The van der Waals surface area contributed by atoms with Crippen LogP contribution < -0.4 is 19.5 Å². The molecule has 0 aliphatic heterocycles. The van der Waals surface area contributed by atoms with Gasteiger partial charge < -0.3 is 14.8 Å². The maximum absolute atomic E-state index is 12.5. The monoisotopic (exact) mass is 408 g/mol. The largest absolute Gasteiger partial charge is 0.493 e. The highest BCUT2D eigenvalue weighted by Gasteiger charge is 2.29. The van der Waals surface area contributed by atoms with Gasteiger partial charge in [0.05, 0.1) is 7.11 Å². The van der Waals surface area contributed by atoms with E-state index in [9.17, 15) is 9.00 Å². The number of carbonyl (C=O) groups is 1. The lowest BCUT2D eigenvalue weighted by atomic mass is 10.0. The molecule has 28 heavy (non-hydrogen) atoms. The van der Waals surface area contributed by atoms with E-state index in [1.807, 2.05) is 32.0 Å². The Morgan fingerprint density at radius 2 is 2.00 bits per heavy atom. The zero-order valence-electron chi connectivity index (χ0n) is 17.7. The minimum absolute atomic E-state index is 0.127. The molecule has 0 saturated heterocycles. The highest BCUT2D eigenvalue weighted by Crippen LogP contribution is 2.28. The van der Waals surface area contributed by atoms with Crippen LogP contribution >= 0.6 is 0 Å². The van der Waals surface area contributed by atoms with Crippen LogP contribution in [-0.4, -0.2) is 47.5 Å². The van der Waals surface area contributed by atoms with Crippen LogP contribution in [0.25, 0.3) is 0 Å². The quantitative estimate of drug-likeness (QED) is 0.485. The molecular weight excluding hydrogens is 376 g/mol. The van der Waals surface area contributed by atoms with Crippen molar-refractivity contribution in [1.29, 1.82) is 0 Å². The van der Waals surface area contributed by atoms with Gasteiger partial charge in [0.1, 0.15) is 12.1 Å². The number of nitrogens with one attached hydrogen (secondary N) is 2. The molecule has 0 bridgehead atoms. The summed E-state index contributed by atoms with van der Waals surface area (Å²) in [6.07, 6.45) is 2.87. The predicted octanol–water partition coefficient (Wildman–Crippen LogP) is 2.16. The maximum Gasteiger partial charge on any atom is 0.240 e. The summed E-state index contributed by atoms with van der Waals surface area (Å²) in [6.45, 7) is 7.57. The Bertz CT molecular complexity index is 836. The van der Waals surface area contributed by atoms with Crippen LogP contribution in [0, 0.1) is 11.8 Å². The number of hydrogen-bond acceptors (Lipinski definition) is 4. The van der Waals surface area contributed by atoms with Gasteiger partial charge in [-0.3, -0.25) is 9.00 Å². The van der Waals surface area contributed by atoms with E-state index in [1.54, 1.807) is 21.0 Å². The van der Waals surface area contributed by atoms with Gasteiger partial charge in [0, 0.05) is 28.4 Å². The van der Waals surface area contributed by atoms with E-state index in [0.717, 1.165) is 12.0 Å². The molecule has 6 nitrogen and oxygen atoms in total. The average molecular weight is 409 g/mol. The van der Waals surface area contributed by atoms with Crippen LogP contribution in [-0.2, 0) is 20.9 Å². The molecule has 0 spiro atoms. The second kappa shape index (κ2) is 10.4. The first-order valence-corrected chi connectivity index (χ1v) is 11.3. The minimum Gasteiger partial charge on any atom is -0.493 e. The average Bonchev–Trinajstić information content (AvgIpc) is 2.57. The Morgan fingerprint density at radius 1 is 1.32 bits per heavy atom. The summed E-state index contributed by atoms with van der Waals surface area (Å²) in [7, 11) is -0.910. The summed E-state index contributed by atoms with van der Waals surface area (Å²) in [5.41, 5.74) is 0.00961. The molecule has 0 aromatic heterocycles. The van der Waals surface area contributed by atoms with Gasteiger partial charge in [-0.2, -0.15) is 0 Å². The van der Waals surface area contributed by atoms with Gasteiger partial charge >= 0.3 is 0 Å². The van der Waals surface area contributed by atoms with Crippen molar-refractivity contribution >= 4 is 21.5 Å². The zero-order chi connectivity index (χ0) is 21.4. The van der Waals surface area contributed by atoms with Gasteiger partial charge in [0.15, 0.2) is 11.5 Å². The Hall–Kier alpha value is -2.17. The fourth-order valence-electron chi connectivity index (χ4n) is 2.64. The van der Waals surface area contributed by atoms with Crippen LogP contribution in [0.4, 0.5) is 0 Å². The van der Waals surface area contributed by atoms with Crippen molar-refractivity contribution in [2.75, 3.05) is 20.0 Å². The number of hydrogen-bond donors (Lipinski definition) is 2. The van der Waals surface area contributed by atoms with Crippen molar-refractivity contribution in [3.8, 4) is 23.3 Å². The smallest absolute Gasteiger partial charge is 0.240 e. The zero-order valence-corrected chi connectivity index (χ0v) is 18.5. The molecule has 0 saturated carbocycles. The van der Waals surface area contributed by atoms with Crippen molar-refractivity contribution in [1.82, 2.24) is 10.0 Å². The summed E-state index contributed by atoms with van der Waals surface area (Å²) in [5, 5.41) is 2.95. The highest BCUT2D eigenvalue weighted by atomic mass is 32.2. The van der Waals surface area contributed by atoms with Gasteiger partial charge in [-0.05, 0) is 50.8 Å². The fourth-order valence-corrected chi connectivity index (χ4v) is 3.82. The van der Waals surface area contributed by atoms with Crippen LogP contribution in [0.1, 0.15) is 39.7 Å². The summed E-state index contributed by atoms with van der Waals surface area (Å²) in [6, 6.07) is 5.55. The highest BCUT2D eigenvalue weighted by molar-refractivity contribution is 7.97. The van der Waals surface area contributed by atoms with E-state index < -0.39 is 15.2 Å². The number of rotatable bonds is 9. The molecule has 1 aromatic carbocycles. The molecule has 2 atom stereocenters. The van der Waals surface area contributed by atoms with Gasteiger partial charge in [-0.15, -0.1) is 5.92 Å². The standard InChI is InChI=1S/C21H32N2O4S/c1-8-9-10-13-27-18-12-11-17(15-19(18)26-5)14-16(2)22-20(24)21(3,4)23-28(6,7)25/h11-12,15-16H,6,8,13-14H2,1-5,7H3,(H,22,24)(H,23,25). The summed E-state index contributed by atoms with van der Waals surface area (Å²) in [4.78, 5) is 12.5. The maximum atomic E-state index is 12.5. The SMILES string of the molecule is C=S(C)(=O)NC(C)(C)C(=O)NC(C)Cc1ccc(OCC#CCC)c(OC)c1. The summed E-state index contributed by atoms with van der Waals surface area (Å²) < 4.78 is 25.7. The first-order valence-electron chi connectivity index (χ1n) is 9.16. The van der Waals surface area contributed by atoms with E-state index in [2.05, 4.69) is 27.8 Å². The van der Waals surface area contributed by atoms with Crippen molar-refractivity contribution < 1.29 is 18.5 Å². The molecule has 0 heterocycles. The van der Waals surface area contributed by atoms with Gasteiger partial charge in [0.2, 0.25) is 5.91 Å². The van der Waals surface area contributed by atoms with Gasteiger partial charge in [0.25, 0.3) is 0 Å². The molecular formula is C21H32N2O4S. The van der Waals surface area contributed by atoms with Crippen molar-refractivity contribution in [3.05, 3.63) is 23.8 Å². The van der Waals surface area contributed by atoms with E-state index in [0.29, 0.717) is 24.5 Å². The molecule has 7 heteroatoms. The molecule has 0 aliphatic carbocycles. The third-order valence-corrected chi connectivity index (χ3v) is 4.73. The van der Waals surface area contributed by atoms with Crippen LogP contribution in [0.15, 0.2) is 18.2 Å². The normalized spacial score (nSPS) is 14.2. The van der Waals surface area contributed by atoms with Crippen molar-refractivity contribution in [2.45, 2.75) is 52.1 Å². The lowest BCUT2D eigenvalue weighted by Gasteiger charge is -2.28. The van der Waals surface area contributed by atoms with Crippen LogP contribution in [0.2, 0.25) is 0 Å². The fraction of sp³-hybridized carbons (Fsp3) is 0.524. The Balaban J connectivity index is 2.75. The Labute approximate surface area is 169 Å². The molecule has 1 rings (SSSR count). The van der Waals surface area contributed by atoms with E-state index in [-0.39, 0.29) is 11.9 Å². The Kier molecular flexibility index (Phi) is 8.86. The first-order chi connectivity index (χ1) is 13.0. The third-order valence-electron chi connectivity index (χ3n) is 3.79. The number of methoxy groups -OCH3 is 1.